The van der Waals surface area contributed by atoms with Crippen molar-refractivity contribution in [1.29, 1.82) is 0 Å². The van der Waals surface area contributed by atoms with Crippen LogP contribution in [0, 0.1) is 12.8 Å². The molecule has 0 saturated carbocycles. The lowest BCUT2D eigenvalue weighted by atomic mass is 10.2. The fourth-order valence-electron chi connectivity index (χ4n) is 1.93. The number of ether oxygens (including phenoxy) is 1. The van der Waals surface area contributed by atoms with Gasteiger partial charge in [-0.25, -0.2) is 9.48 Å². The van der Waals surface area contributed by atoms with Crippen LogP contribution >= 0.6 is 0 Å². The maximum Gasteiger partial charge on any atom is 0.320 e. The molecular formula is C14H26N4O2. The van der Waals surface area contributed by atoms with Crippen LogP contribution < -0.4 is 10.6 Å². The highest BCUT2D eigenvalue weighted by Gasteiger charge is 2.13. The van der Waals surface area contributed by atoms with Gasteiger partial charge in [-0.1, -0.05) is 20.8 Å². The second-order valence-corrected chi connectivity index (χ2v) is 5.41. The summed E-state index contributed by atoms with van der Waals surface area (Å²) < 4.78 is 6.90. The lowest BCUT2D eigenvalue weighted by Crippen LogP contribution is -2.40. The molecule has 2 amide bonds. The Labute approximate surface area is 120 Å². The van der Waals surface area contributed by atoms with Crippen LogP contribution in [0.1, 0.15) is 32.9 Å². The average Bonchev–Trinajstić information content (AvgIpc) is 2.67. The van der Waals surface area contributed by atoms with E-state index >= 15 is 0 Å². The smallest absolute Gasteiger partial charge is 0.320 e. The Morgan fingerprint density at radius 2 is 2.20 bits per heavy atom. The van der Waals surface area contributed by atoms with Crippen molar-refractivity contribution in [3.63, 3.8) is 0 Å². The zero-order valence-corrected chi connectivity index (χ0v) is 13.1. The molecule has 1 aromatic rings. The number of anilines is 1. The molecule has 0 radical (unpaired) electrons. The number of nitrogens with one attached hydrogen (secondary N) is 2. The van der Waals surface area contributed by atoms with Crippen molar-refractivity contribution in [1.82, 2.24) is 15.1 Å². The molecule has 1 atom stereocenters. The summed E-state index contributed by atoms with van der Waals surface area (Å²) in [7, 11) is 1.63. The quantitative estimate of drug-likeness (QED) is 0.807. The van der Waals surface area contributed by atoms with Gasteiger partial charge in [0.25, 0.3) is 0 Å². The van der Waals surface area contributed by atoms with Gasteiger partial charge >= 0.3 is 6.03 Å². The molecule has 0 aliphatic rings. The molecular weight excluding hydrogens is 256 g/mol. The molecule has 6 heteroatoms. The van der Waals surface area contributed by atoms with Crippen LogP contribution in [0.15, 0.2) is 6.07 Å². The van der Waals surface area contributed by atoms with Gasteiger partial charge in [0.05, 0.1) is 18.3 Å². The van der Waals surface area contributed by atoms with Crippen LogP contribution in [0.4, 0.5) is 10.6 Å². The predicted molar refractivity (Wildman–Crippen MR) is 79.9 cm³/mol. The Hall–Kier alpha value is -1.56. The maximum absolute atomic E-state index is 12.0. The Morgan fingerprint density at radius 1 is 1.50 bits per heavy atom. The first-order chi connectivity index (χ1) is 9.46. The highest BCUT2D eigenvalue weighted by Crippen LogP contribution is 2.12. The lowest BCUT2D eigenvalue weighted by molar-refractivity contribution is 0.165. The van der Waals surface area contributed by atoms with Crippen molar-refractivity contribution >= 4 is 11.8 Å². The minimum Gasteiger partial charge on any atom is -0.383 e. The first kappa shape index (κ1) is 16.5. The number of hydrogen-bond donors (Lipinski definition) is 2. The Morgan fingerprint density at radius 3 is 2.75 bits per heavy atom. The predicted octanol–water partition coefficient (Wildman–Crippen LogP) is 2.39. The van der Waals surface area contributed by atoms with E-state index < -0.39 is 0 Å². The van der Waals surface area contributed by atoms with Crippen molar-refractivity contribution in [2.24, 2.45) is 5.92 Å². The number of hydrogen-bond acceptors (Lipinski definition) is 3. The lowest BCUT2D eigenvalue weighted by Gasteiger charge is -2.17. The third-order valence-corrected chi connectivity index (χ3v) is 2.88. The third kappa shape index (κ3) is 5.21. The van der Waals surface area contributed by atoms with Gasteiger partial charge in [-0.3, -0.25) is 5.32 Å². The molecule has 1 rings (SSSR count). The third-order valence-electron chi connectivity index (χ3n) is 2.88. The molecule has 0 bridgehead atoms. The summed E-state index contributed by atoms with van der Waals surface area (Å²) >= 11 is 0. The van der Waals surface area contributed by atoms with Crippen LogP contribution in [-0.2, 0) is 11.3 Å². The molecule has 0 spiro atoms. The number of aromatic nitrogens is 2. The Balaban J connectivity index is 2.65. The van der Waals surface area contributed by atoms with E-state index in [1.165, 1.54) is 0 Å². The molecule has 2 N–H and O–H groups in total. The van der Waals surface area contributed by atoms with Crippen LogP contribution in [0.3, 0.4) is 0 Å². The van der Waals surface area contributed by atoms with Crippen LogP contribution in [0.25, 0.3) is 0 Å². The van der Waals surface area contributed by atoms with E-state index in [-0.39, 0.29) is 12.1 Å². The van der Waals surface area contributed by atoms with Gasteiger partial charge in [0.2, 0.25) is 0 Å². The number of nitrogens with zero attached hydrogens (tertiary/aromatic N) is 2. The van der Waals surface area contributed by atoms with E-state index in [2.05, 4.69) is 29.6 Å². The molecule has 0 saturated heterocycles. The van der Waals surface area contributed by atoms with Gasteiger partial charge in [-0.15, -0.1) is 0 Å². The first-order valence-corrected chi connectivity index (χ1v) is 7.07. The van der Waals surface area contributed by atoms with Gasteiger partial charge in [0, 0.05) is 19.7 Å². The maximum atomic E-state index is 12.0. The number of aryl methyl sites for hydroxylation is 1. The average molecular weight is 282 g/mol. The number of amides is 2. The summed E-state index contributed by atoms with van der Waals surface area (Å²) in [5.74, 6) is 1.19. The second kappa shape index (κ2) is 7.89. The van der Waals surface area contributed by atoms with Crippen LogP contribution in [0.2, 0.25) is 0 Å². The SMILES string of the molecule is CCC(COC)NC(=O)Nc1cc(C)nn1CC(C)C. The summed E-state index contributed by atoms with van der Waals surface area (Å²) in [6.07, 6.45) is 0.825. The van der Waals surface area contributed by atoms with E-state index in [0.717, 1.165) is 24.5 Å². The molecule has 1 unspecified atom stereocenters. The first-order valence-electron chi connectivity index (χ1n) is 7.07. The number of carbonyl (C=O) groups is 1. The summed E-state index contributed by atoms with van der Waals surface area (Å²) in [4.78, 5) is 12.0. The molecule has 1 heterocycles. The molecule has 0 aromatic carbocycles. The molecule has 0 aliphatic heterocycles. The van der Waals surface area contributed by atoms with Gasteiger partial charge in [0.15, 0.2) is 0 Å². The normalized spacial score (nSPS) is 12.5. The van der Waals surface area contributed by atoms with E-state index in [9.17, 15) is 4.79 Å². The number of rotatable bonds is 7. The standard InChI is InChI=1S/C14H26N4O2/c1-6-12(9-20-5)15-14(19)16-13-7-11(4)17-18(13)8-10(2)3/h7,10,12H,6,8-9H2,1-5H3,(H2,15,16,19). The minimum atomic E-state index is -0.223. The molecule has 6 nitrogen and oxygen atoms in total. The number of carbonyl (C=O) groups excluding carboxylic acids is 1. The monoisotopic (exact) mass is 282 g/mol. The number of methoxy groups -OCH3 is 1. The largest absolute Gasteiger partial charge is 0.383 e. The summed E-state index contributed by atoms with van der Waals surface area (Å²) in [6.45, 7) is 9.45. The molecule has 114 valence electrons. The van der Waals surface area contributed by atoms with Crippen molar-refractivity contribution < 1.29 is 9.53 Å². The van der Waals surface area contributed by atoms with Gasteiger partial charge in [0.1, 0.15) is 5.82 Å². The highest BCUT2D eigenvalue weighted by molar-refractivity contribution is 5.88. The van der Waals surface area contributed by atoms with E-state index in [0.29, 0.717) is 12.5 Å². The van der Waals surface area contributed by atoms with Crippen molar-refractivity contribution in [2.75, 3.05) is 19.0 Å². The minimum absolute atomic E-state index is 0.0163. The summed E-state index contributed by atoms with van der Waals surface area (Å²) in [5.41, 5.74) is 0.893. The van der Waals surface area contributed by atoms with Crippen molar-refractivity contribution in [2.45, 2.75) is 46.7 Å². The fourth-order valence-corrected chi connectivity index (χ4v) is 1.93. The summed E-state index contributed by atoms with van der Waals surface area (Å²) in [6, 6.07) is 1.67. The van der Waals surface area contributed by atoms with E-state index in [4.69, 9.17) is 4.74 Å². The summed E-state index contributed by atoms with van der Waals surface area (Å²) in [5, 5.41) is 10.1. The second-order valence-electron chi connectivity index (χ2n) is 5.41. The molecule has 0 fully saturated rings. The zero-order valence-electron chi connectivity index (χ0n) is 13.1. The van der Waals surface area contributed by atoms with Crippen molar-refractivity contribution in [3.8, 4) is 0 Å². The van der Waals surface area contributed by atoms with Gasteiger partial charge < -0.3 is 10.1 Å². The Kier molecular flexibility index (Phi) is 6.51. The topological polar surface area (TPSA) is 68.2 Å². The zero-order chi connectivity index (χ0) is 15.1. The van der Waals surface area contributed by atoms with Gasteiger partial charge in [-0.2, -0.15) is 5.10 Å². The van der Waals surface area contributed by atoms with Crippen LogP contribution in [0.5, 0.6) is 0 Å². The fraction of sp³-hybridized carbons (Fsp3) is 0.714. The van der Waals surface area contributed by atoms with Crippen LogP contribution in [-0.4, -0.2) is 35.6 Å². The highest BCUT2D eigenvalue weighted by atomic mass is 16.5. The van der Waals surface area contributed by atoms with Gasteiger partial charge in [-0.05, 0) is 19.3 Å². The van der Waals surface area contributed by atoms with E-state index in [1.54, 1.807) is 7.11 Å². The Bertz CT molecular complexity index is 429. The molecule has 20 heavy (non-hydrogen) atoms. The van der Waals surface area contributed by atoms with E-state index in [1.807, 2.05) is 24.6 Å². The molecule has 1 aromatic heterocycles. The number of urea groups is 1. The molecule has 0 aliphatic carbocycles. The van der Waals surface area contributed by atoms with Crippen molar-refractivity contribution in [3.05, 3.63) is 11.8 Å².